The first kappa shape index (κ1) is 15.4. The highest BCUT2D eigenvalue weighted by molar-refractivity contribution is 5.29. The molecule has 0 radical (unpaired) electrons. The summed E-state index contributed by atoms with van der Waals surface area (Å²) in [7, 11) is 0. The third-order valence-corrected chi connectivity index (χ3v) is 4.69. The Morgan fingerprint density at radius 3 is 2.40 bits per heavy atom. The van der Waals surface area contributed by atoms with Gasteiger partial charge in [-0.15, -0.1) is 0 Å². The molecule has 0 aliphatic heterocycles. The first-order valence-electron chi connectivity index (χ1n) is 7.67. The summed E-state index contributed by atoms with van der Waals surface area (Å²) < 4.78 is 27.7. The van der Waals surface area contributed by atoms with Crippen molar-refractivity contribution in [1.82, 2.24) is 5.32 Å². The molecule has 0 bridgehead atoms. The normalized spacial score (nSPS) is 19.9. The molecule has 2 rings (SSSR count). The van der Waals surface area contributed by atoms with Crippen molar-refractivity contribution in [1.29, 1.82) is 0 Å². The Morgan fingerprint density at radius 1 is 1.15 bits per heavy atom. The Morgan fingerprint density at radius 2 is 1.80 bits per heavy atom. The standard InChI is InChI=1S/C17H25F2N/c1-4-20-16(17(3)8-6-5-7-9-17)13-10-12(2)14(18)11-15(13)19/h10-11,16,20H,4-9H2,1-3H3. The van der Waals surface area contributed by atoms with Crippen LogP contribution in [0.5, 0.6) is 0 Å². The van der Waals surface area contributed by atoms with Crippen LogP contribution in [0.4, 0.5) is 8.78 Å². The largest absolute Gasteiger partial charge is 0.310 e. The zero-order valence-corrected chi connectivity index (χ0v) is 12.7. The van der Waals surface area contributed by atoms with Crippen LogP contribution >= 0.6 is 0 Å². The van der Waals surface area contributed by atoms with Crippen molar-refractivity contribution < 1.29 is 8.78 Å². The van der Waals surface area contributed by atoms with Crippen LogP contribution in [-0.2, 0) is 0 Å². The Kier molecular flexibility index (Phi) is 4.79. The summed E-state index contributed by atoms with van der Waals surface area (Å²) in [4.78, 5) is 0. The van der Waals surface area contributed by atoms with E-state index in [2.05, 4.69) is 12.2 Å². The van der Waals surface area contributed by atoms with Gasteiger partial charge in [0.25, 0.3) is 0 Å². The van der Waals surface area contributed by atoms with E-state index >= 15 is 0 Å². The minimum Gasteiger partial charge on any atom is -0.310 e. The number of rotatable bonds is 4. The van der Waals surface area contributed by atoms with Crippen LogP contribution in [0.25, 0.3) is 0 Å². The third-order valence-electron chi connectivity index (χ3n) is 4.69. The highest BCUT2D eigenvalue weighted by Gasteiger charge is 2.37. The third kappa shape index (κ3) is 3.03. The summed E-state index contributed by atoms with van der Waals surface area (Å²) in [6.45, 7) is 6.76. The summed E-state index contributed by atoms with van der Waals surface area (Å²) >= 11 is 0. The quantitative estimate of drug-likeness (QED) is 0.828. The summed E-state index contributed by atoms with van der Waals surface area (Å²) in [5.74, 6) is -0.888. The van der Waals surface area contributed by atoms with Gasteiger partial charge in [-0.25, -0.2) is 8.78 Å². The molecule has 0 spiro atoms. The molecule has 20 heavy (non-hydrogen) atoms. The van der Waals surface area contributed by atoms with Crippen molar-refractivity contribution >= 4 is 0 Å². The van der Waals surface area contributed by atoms with Crippen LogP contribution in [0.3, 0.4) is 0 Å². The van der Waals surface area contributed by atoms with Gasteiger partial charge >= 0.3 is 0 Å². The number of hydrogen-bond acceptors (Lipinski definition) is 1. The topological polar surface area (TPSA) is 12.0 Å². The SMILES string of the molecule is CCNC(c1cc(C)c(F)cc1F)C1(C)CCCCC1. The Hall–Kier alpha value is -0.960. The van der Waals surface area contributed by atoms with E-state index in [1.165, 1.54) is 19.3 Å². The molecule has 1 nitrogen and oxygen atoms in total. The van der Waals surface area contributed by atoms with Crippen molar-refractivity contribution in [3.05, 3.63) is 34.9 Å². The van der Waals surface area contributed by atoms with Crippen LogP contribution in [0, 0.1) is 24.0 Å². The second-order valence-electron chi connectivity index (χ2n) is 6.33. The van der Waals surface area contributed by atoms with Crippen molar-refractivity contribution in [2.45, 2.75) is 58.9 Å². The molecule has 1 N–H and O–H groups in total. The van der Waals surface area contributed by atoms with Crippen LogP contribution < -0.4 is 5.32 Å². The van der Waals surface area contributed by atoms with Gasteiger partial charge in [-0.3, -0.25) is 0 Å². The first-order valence-corrected chi connectivity index (χ1v) is 7.67. The number of benzene rings is 1. The number of hydrogen-bond donors (Lipinski definition) is 1. The fourth-order valence-electron chi connectivity index (χ4n) is 3.48. The lowest BCUT2D eigenvalue weighted by Gasteiger charge is -2.41. The van der Waals surface area contributed by atoms with E-state index in [0.29, 0.717) is 11.1 Å². The van der Waals surface area contributed by atoms with E-state index in [9.17, 15) is 8.78 Å². The van der Waals surface area contributed by atoms with Gasteiger partial charge in [0, 0.05) is 17.7 Å². The first-order chi connectivity index (χ1) is 9.48. The fraction of sp³-hybridized carbons (Fsp3) is 0.647. The highest BCUT2D eigenvalue weighted by Crippen LogP contribution is 2.46. The molecule has 3 heteroatoms. The van der Waals surface area contributed by atoms with E-state index in [1.54, 1.807) is 13.0 Å². The lowest BCUT2D eigenvalue weighted by atomic mass is 9.68. The maximum Gasteiger partial charge on any atom is 0.130 e. The maximum absolute atomic E-state index is 14.2. The van der Waals surface area contributed by atoms with Crippen LogP contribution in [0.1, 0.15) is 63.1 Å². The molecule has 1 aliphatic rings. The highest BCUT2D eigenvalue weighted by atomic mass is 19.1. The van der Waals surface area contributed by atoms with Gasteiger partial charge in [-0.2, -0.15) is 0 Å². The number of halogens is 2. The molecular weight excluding hydrogens is 256 g/mol. The molecule has 0 aromatic heterocycles. The lowest BCUT2D eigenvalue weighted by Crippen LogP contribution is -2.38. The predicted molar refractivity (Wildman–Crippen MR) is 78.7 cm³/mol. The van der Waals surface area contributed by atoms with Gasteiger partial charge in [0.2, 0.25) is 0 Å². The van der Waals surface area contributed by atoms with Gasteiger partial charge in [0.05, 0.1) is 0 Å². The molecule has 1 unspecified atom stereocenters. The van der Waals surface area contributed by atoms with Crippen molar-refractivity contribution in [3.8, 4) is 0 Å². The van der Waals surface area contributed by atoms with Crippen LogP contribution in [0.15, 0.2) is 12.1 Å². The Bertz CT molecular complexity index is 464. The molecule has 0 amide bonds. The summed E-state index contributed by atoms with van der Waals surface area (Å²) in [5, 5.41) is 3.43. The van der Waals surface area contributed by atoms with Crippen molar-refractivity contribution in [3.63, 3.8) is 0 Å². The number of aryl methyl sites for hydroxylation is 1. The second-order valence-corrected chi connectivity index (χ2v) is 6.33. The van der Waals surface area contributed by atoms with E-state index in [0.717, 1.165) is 25.5 Å². The fourth-order valence-corrected chi connectivity index (χ4v) is 3.48. The minimum absolute atomic E-state index is 0.0351. The zero-order chi connectivity index (χ0) is 14.8. The molecule has 0 saturated heterocycles. The lowest BCUT2D eigenvalue weighted by molar-refractivity contribution is 0.143. The van der Waals surface area contributed by atoms with Gasteiger partial charge in [-0.1, -0.05) is 33.1 Å². The molecule has 112 valence electrons. The van der Waals surface area contributed by atoms with Crippen LogP contribution in [-0.4, -0.2) is 6.54 Å². The molecular formula is C17H25F2N. The average molecular weight is 281 g/mol. The van der Waals surface area contributed by atoms with Gasteiger partial charge in [0.15, 0.2) is 0 Å². The monoisotopic (exact) mass is 281 g/mol. The maximum atomic E-state index is 14.2. The Balaban J connectivity index is 2.40. The Labute approximate surface area is 120 Å². The van der Waals surface area contributed by atoms with E-state index in [1.807, 2.05) is 6.92 Å². The average Bonchev–Trinajstić information content (AvgIpc) is 2.41. The van der Waals surface area contributed by atoms with Crippen molar-refractivity contribution in [2.75, 3.05) is 6.54 Å². The molecule has 1 aromatic rings. The zero-order valence-electron chi connectivity index (χ0n) is 12.7. The van der Waals surface area contributed by atoms with Gasteiger partial charge < -0.3 is 5.32 Å². The van der Waals surface area contributed by atoms with Gasteiger partial charge in [-0.05, 0) is 43.4 Å². The smallest absolute Gasteiger partial charge is 0.130 e. The molecule has 1 fully saturated rings. The summed E-state index contributed by atoms with van der Waals surface area (Å²) in [6.07, 6.45) is 5.85. The van der Waals surface area contributed by atoms with E-state index in [4.69, 9.17) is 0 Å². The van der Waals surface area contributed by atoms with E-state index < -0.39 is 11.6 Å². The molecule has 1 aromatic carbocycles. The van der Waals surface area contributed by atoms with Crippen LogP contribution in [0.2, 0.25) is 0 Å². The molecule has 1 atom stereocenters. The van der Waals surface area contributed by atoms with E-state index in [-0.39, 0.29) is 11.5 Å². The number of nitrogens with one attached hydrogen (secondary N) is 1. The molecule has 1 saturated carbocycles. The van der Waals surface area contributed by atoms with Crippen molar-refractivity contribution in [2.24, 2.45) is 5.41 Å². The summed E-state index contributed by atoms with van der Waals surface area (Å²) in [5.41, 5.74) is 1.19. The predicted octanol–water partition coefficient (Wildman–Crippen LogP) is 4.89. The minimum atomic E-state index is -0.463. The summed E-state index contributed by atoms with van der Waals surface area (Å²) in [6, 6.07) is 2.67. The van der Waals surface area contributed by atoms with Gasteiger partial charge in [0.1, 0.15) is 11.6 Å². The second kappa shape index (κ2) is 6.21. The molecule has 0 heterocycles. The molecule has 1 aliphatic carbocycles.